The van der Waals surface area contributed by atoms with Crippen molar-refractivity contribution >= 4 is 5.82 Å². The average molecular weight is 310 g/mol. The fourth-order valence-corrected chi connectivity index (χ4v) is 3.47. The molecule has 0 radical (unpaired) electrons. The highest BCUT2D eigenvalue weighted by atomic mass is 16.5. The predicted molar refractivity (Wildman–Crippen MR) is 89.4 cm³/mol. The van der Waals surface area contributed by atoms with Gasteiger partial charge in [-0.25, -0.2) is 9.97 Å². The van der Waals surface area contributed by atoms with Crippen LogP contribution in [0.1, 0.15) is 37.4 Å². The molecule has 0 aromatic carbocycles. The number of hydrogen-bond acceptors (Lipinski definition) is 5. The van der Waals surface area contributed by atoms with Gasteiger partial charge in [0, 0.05) is 24.1 Å². The summed E-state index contributed by atoms with van der Waals surface area (Å²) in [7, 11) is 0. The predicted octanol–water partition coefficient (Wildman–Crippen LogP) is 3.01. The third-order valence-electron chi connectivity index (χ3n) is 4.99. The molecule has 1 aliphatic carbocycles. The van der Waals surface area contributed by atoms with Crippen molar-refractivity contribution in [3.8, 4) is 11.5 Å². The summed E-state index contributed by atoms with van der Waals surface area (Å²) >= 11 is 0. The van der Waals surface area contributed by atoms with E-state index in [1.54, 1.807) is 6.20 Å². The summed E-state index contributed by atoms with van der Waals surface area (Å²) in [5.41, 5.74) is 3.29. The zero-order valence-electron chi connectivity index (χ0n) is 13.5. The van der Waals surface area contributed by atoms with E-state index in [1.807, 2.05) is 18.2 Å². The summed E-state index contributed by atoms with van der Waals surface area (Å²) < 4.78 is 5.64. The van der Waals surface area contributed by atoms with Crippen LogP contribution in [0.15, 0.2) is 24.4 Å². The van der Waals surface area contributed by atoms with Gasteiger partial charge in [0.15, 0.2) is 5.82 Å². The number of pyridine rings is 1. The van der Waals surface area contributed by atoms with E-state index >= 15 is 0 Å². The molecular formula is C18H22N4O. The Morgan fingerprint density at radius 2 is 2.22 bits per heavy atom. The van der Waals surface area contributed by atoms with Crippen molar-refractivity contribution in [3.05, 3.63) is 35.7 Å². The Kier molecular flexibility index (Phi) is 3.73. The Labute approximate surface area is 136 Å². The number of hydrogen-bond donors (Lipinski definition) is 1. The molecule has 1 fully saturated rings. The summed E-state index contributed by atoms with van der Waals surface area (Å²) in [6.45, 7) is 3.78. The van der Waals surface area contributed by atoms with Gasteiger partial charge in [-0.05, 0) is 44.2 Å². The zero-order valence-corrected chi connectivity index (χ0v) is 13.5. The van der Waals surface area contributed by atoms with Crippen LogP contribution in [-0.4, -0.2) is 33.7 Å². The van der Waals surface area contributed by atoms with E-state index < -0.39 is 0 Å². The van der Waals surface area contributed by atoms with Crippen molar-refractivity contribution in [1.29, 1.82) is 0 Å². The topological polar surface area (TPSA) is 59.9 Å². The lowest BCUT2D eigenvalue weighted by molar-refractivity contribution is 0.181. The van der Waals surface area contributed by atoms with Crippen molar-refractivity contribution in [2.75, 3.05) is 18.5 Å². The van der Waals surface area contributed by atoms with Crippen LogP contribution >= 0.6 is 0 Å². The number of aryl methyl sites for hydroxylation is 1. The number of fused-ring (bicyclic) bond motifs is 1. The van der Waals surface area contributed by atoms with Gasteiger partial charge in [-0.3, -0.25) is 4.98 Å². The Morgan fingerprint density at radius 1 is 1.26 bits per heavy atom. The van der Waals surface area contributed by atoms with Gasteiger partial charge in [-0.2, -0.15) is 0 Å². The van der Waals surface area contributed by atoms with Crippen LogP contribution in [0.25, 0.3) is 11.5 Å². The van der Waals surface area contributed by atoms with Crippen molar-refractivity contribution in [2.45, 2.75) is 44.6 Å². The molecule has 0 amide bonds. The van der Waals surface area contributed by atoms with E-state index in [0.717, 1.165) is 62.7 Å². The molecule has 23 heavy (non-hydrogen) atoms. The standard InChI is InChI=1S/C18H22N4O/c1-2-18(9-11-23-12-18)22-16-13-6-5-8-14(13)20-17(21-16)15-7-3-4-10-19-15/h3-4,7,10H,2,5-6,8-9,11-12H2,1H3,(H,20,21,22). The van der Waals surface area contributed by atoms with E-state index in [0.29, 0.717) is 0 Å². The highest BCUT2D eigenvalue weighted by Gasteiger charge is 2.35. The molecule has 0 saturated carbocycles. The van der Waals surface area contributed by atoms with Crippen LogP contribution in [0, 0.1) is 0 Å². The molecule has 5 nitrogen and oxygen atoms in total. The maximum atomic E-state index is 5.64. The van der Waals surface area contributed by atoms with Crippen LogP contribution in [0.3, 0.4) is 0 Å². The smallest absolute Gasteiger partial charge is 0.180 e. The van der Waals surface area contributed by atoms with Crippen LogP contribution in [0.2, 0.25) is 0 Å². The van der Waals surface area contributed by atoms with E-state index in [9.17, 15) is 0 Å². The fraction of sp³-hybridized carbons (Fsp3) is 0.500. The highest BCUT2D eigenvalue weighted by Crippen LogP contribution is 2.33. The number of rotatable bonds is 4. The largest absolute Gasteiger partial charge is 0.379 e. The molecule has 4 rings (SSSR count). The minimum atomic E-state index is 0.00605. The van der Waals surface area contributed by atoms with Gasteiger partial charge in [0.05, 0.1) is 12.1 Å². The molecule has 2 aromatic heterocycles. The van der Waals surface area contributed by atoms with Crippen LogP contribution in [0.5, 0.6) is 0 Å². The molecule has 1 unspecified atom stereocenters. The van der Waals surface area contributed by atoms with Gasteiger partial charge >= 0.3 is 0 Å². The lowest BCUT2D eigenvalue weighted by atomic mass is 9.95. The lowest BCUT2D eigenvalue weighted by Gasteiger charge is -2.29. The second-order valence-corrected chi connectivity index (χ2v) is 6.45. The molecule has 120 valence electrons. The van der Waals surface area contributed by atoms with E-state index in [4.69, 9.17) is 14.7 Å². The van der Waals surface area contributed by atoms with Crippen molar-refractivity contribution in [2.24, 2.45) is 0 Å². The second-order valence-electron chi connectivity index (χ2n) is 6.45. The molecule has 0 bridgehead atoms. The molecule has 5 heteroatoms. The Morgan fingerprint density at radius 3 is 2.96 bits per heavy atom. The summed E-state index contributed by atoms with van der Waals surface area (Å²) in [6.07, 6.45) is 7.09. The number of nitrogens with one attached hydrogen (secondary N) is 1. The summed E-state index contributed by atoms with van der Waals surface area (Å²) in [4.78, 5) is 14.0. The molecule has 1 N–H and O–H groups in total. The first-order valence-electron chi connectivity index (χ1n) is 8.47. The number of anilines is 1. The molecule has 1 atom stereocenters. The molecular weight excluding hydrogens is 288 g/mol. The molecule has 2 aliphatic rings. The summed E-state index contributed by atoms with van der Waals surface area (Å²) in [5.74, 6) is 1.71. The van der Waals surface area contributed by atoms with Crippen molar-refractivity contribution < 1.29 is 4.74 Å². The third-order valence-corrected chi connectivity index (χ3v) is 4.99. The van der Waals surface area contributed by atoms with Crippen molar-refractivity contribution in [1.82, 2.24) is 15.0 Å². The Bertz CT molecular complexity index is 696. The Balaban J connectivity index is 1.75. The number of aromatic nitrogens is 3. The molecule has 3 heterocycles. The minimum Gasteiger partial charge on any atom is -0.379 e. The maximum absolute atomic E-state index is 5.64. The quantitative estimate of drug-likeness (QED) is 0.940. The van der Waals surface area contributed by atoms with Crippen LogP contribution in [-0.2, 0) is 17.6 Å². The first-order chi connectivity index (χ1) is 11.3. The average Bonchev–Trinajstić information content (AvgIpc) is 3.25. The summed E-state index contributed by atoms with van der Waals surface area (Å²) in [5, 5.41) is 3.71. The second kappa shape index (κ2) is 5.89. The normalized spacial score (nSPS) is 23.0. The monoisotopic (exact) mass is 310 g/mol. The lowest BCUT2D eigenvalue weighted by Crippen LogP contribution is -2.38. The highest BCUT2D eigenvalue weighted by molar-refractivity contribution is 5.58. The molecule has 1 aliphatic heterocycles. The van der Waals surface area contributed by atoms with Gasteiger partial charge in [0.1, 0.15) is 11.5 Å². The van der Waals surface area contributed by atoms with E-state index in [-0.39, 0.29) is 5.54 Å². The maximum Gasteiger partial charge on any atom is 0.180 e. The molecule has 2 aromatic rings. The number of nitrogens with zero attached hydrogens (tertiary/aromatic N) is 3. The Hall–Kier alpha value is -2.01. The third kappa shape index (κ3) is 2.70. The van der Waals surface area contributed by atoms with E-state index in [2.05, 4.69) is 17.2 Å². The van der Waals surface area contributed by atoms with Crippen LogP contribution < -0.4 is 5.32 Å². The van der Waals surface area contributed by atoms with Crippen LogP contribution in [0.4, 0.5) is 5.82 Å². The van der Waals surface area contributed by atoms with E-state index in [1.165, 1.54) is 11.3 Å². The van der Waals surface area contributed by atoms with Gasteiger partial charge in [0.2, 0.25) is 0 Å². The SMILES string of the molecule is CCC1(Nc2nc(-c3ccccn3)nc3c2CCC3)CCOC1. The van der Waals surface area contributed by atoms with Gasteiger partial charge in [-0.15, -0.1) is 0 Å². The molecule has 0 spiro atoms. The van der Waals surface area contributed by atoms with Crippen molar-refractivity contribution in [3.63, 3.8) is 0 Å². The summed E-state index contributed by atoms with van der Waals surface area (Å²) in [6, 6.07) is 5.86. The first kappa shape index (κ1) is 14.6. The minimum absolute atomic E-state index is 0.00605. The van der Waals surface area contributed by atoms with Gasteiger partial charge in [0.25, 0.3) is 0 Å². The van der Waals surface area contributed by atoms with Gasteiger partial charge < -0.3 is 10.1 Å². The van der Waals surface area contributed by atoms with Gasteiger partial charge in [-0.1, -0.05) is 13.0 Å². The number of ether oxygens (including phenoxy) is 1. The zero-order chi connectivity index (χ0) is 15.7. The molecule has 1 saturated heterocycles. The first-order valence-corrected chi connectivity index (χ1v) is 8.47. The fourth-order valence-electron chi connectivity index (χ4n) is 3.47.